The van der Waals surface area contributed by atoms with Gasteiger partial charge in [-0.2, -0.15) is 0 Å². The molecule has 0 unspecified atom stereocenters. The normalized spacial score (nSPS) is 11.3. The quantitative estimate of drug-likeness (QED) is 0.728. The number of amides is 1. The molecule has 0 aliphatic heterocycles. The van der Waals surface area contributed by atoms with Crippen molar-refractivity contribution in [3.63, 3.8) is 0 Å². The van der Waals surface area contributed by atoms with Crippen molar-refractivity contribution in [2.45, 2.75) is 26.4 Å². The van der Waals surface area contributed by atoms with Crippen LogP contribution in [-0.4, -0.2) is 26.6 Å². The summed E-state index contributed by atoms with van der Waals surface area (Å²) < 4.78 is 25.1. The molecule has 3 aromatic rings. The van der Waals surface area contributed by atoms with Crippen LogP contribution in [0.1, 0.15) is 20.8 Å². The fourth-order valence-corrected chi connectivity index (χ4v) is 2.21. The predicted molar refractivity (Wildman–Crippen MR) is 96.5 cm³/mol. The summed E-state index contributed by atoms with van der Waals surface area (Å²) in [6.07, 6.45) is 1.80. The number of aromatic amines is 1. The molecule has 0 aliphatic carbocycles. The van der Waals surface area contributed by atoms with Gasteiger partial charge in [0.15, 0.2) is 23.0 Å². The van der Waals surface area contributed by atoms with E-state index in [1.54, 1.807) is 20.8 Å². The maximum atomic E-state index is 14.4. The van der Waals surface area contributed by atoms with Crippen molar-refractivity contribution in [3.05, 3.63) is 52.8 Å². The van der Waals surface area contributed by atoms with Crippen LogP contribution in [0.15, 0.2) is 41.5 Å². The molecule has 1 aromatic carbocycles. The zero-order chi connectivity index (χ0) is 19.6. The Labute approximate surface area is 153 Å². The van der Waals surface area contributed by atoms with Crippen LogP contribution in [0.4, 0.5) is 14.9 Å². The number of carbonyl (C=O) groups is 1. The van der Waals surface area contributed by atoms with E-state index in [9.17, 15) is 14.0 Å². The lowest BCUT2D eigenvalue weighted by Gasteiger charge is -2.19. The molecule has 0 fully saturated rings. The molecule has 0 saturated carbocycles. The second kappa shape index (κ2) is 7.02. The van der Waals surface area contributed by atoms with Crippen LogP contribution in [0.2, 0.25) is 0 Å². The zero-order valence-electron chi connectivity index (χ0n) is 14.9. The summed E-state index contributed by atoms with van der Waals surface area (Å²) in [5, 5.41) is 2.45. The predicted octanol–water partition coefficient (Wildman–Crippen LogP) is 3.60. The lowest BCUT2D eigenvalue weighted by molar-refractivity contribution is 0.0636. The minimum atomic E-state index is -0.696. The second-order valence-corrected chi connectivity index (χ2v) is 6.63. The van der Waals surface area contributed by atoms with E-state index >= 15 is 0 Å². The summed E-state index contributed by atoms with van der Waals surface area (Å²) in [5.41, 5.74) is -0.342. The number of nitrogens with zero attached hydrogens (tertiary/aromatic N) is 2. The zero-order valence-corrected chi connectivity index (χ0v) is 14.9. The van der Waals surface area contributed by atoms with Gasteiger partial charge in [-0.25, -0.2) is 19.2 Å². The molecule has 140 valence electrons. The summed E-state index contributed by atoms with van der Waals surface area (Å²) in [7, 11) is 0. The molecular formula is C18H17FN4O4. The Bertz CT molecular complexity index is 1060. The maximum Gasteiger partial charge on any atom is 0.412 e. The number of nitrogens with one attached hydrogen (secondary N) is 2. The first-order valence-electron chi connectivity index (χ1n) is 8.03. The van der Waals surface area contributed by atoms with Gasteiger partial charge in [-0.3, -0.25) is 10.1 Å². The molecule has 0 spiro atoms. The lowest BCUT2D eigenvalue weighted by Crippen LogP contribution is -2.27. The van der Waals surface area contributed by atoms with Crippen LogP contribution >= 0.6 is 0 Å². The van der Waals surface area contributed by atoms with Gasteiger partial charge in [0.25, 0.3) is 5.56 Å². The molecule has 2 aromatic heterocycles. The number of benzene rings is 1. The molecule has 0 bridgehead atoms. The van der Waals surface area contributed by atoms with Crippen LogP contribution in [-0.2, 0) is 4.74 Å². The highest BCUT2D eigenvalue weighted by Crippen LogP contribution is 2.29. The van der Waals surface area contributed by atoms with Gasteiger partial charge in [0.2, 0.25) is 0 Å². The average Bonchev–Trinajstić information content (AvgIpc) is 2.55. The highest BCUT2D eigenvalue weighted by atomic mass is 19.1. The highest BCUT2D eigenvalue weighted by Gasteiger charge is 2.17. The van der Waals surface area contributed by atoms with Gasteiger partial charge in [-0.15, -0.1) is 0 Å². The third kappa shape index (κ3) is 4.57. The van der Waals surface area contributed by atoms with Crippen LogP contribution in [0, 0.1) is 5.82 Å². The molecule has 0 atom stereocenters. The number of pyridine rings is 1. The molecule has 0 radical (unpaired) electrons. The van der Waals surface area contributed by atoms with Gasteiger partial charge >= 0.3 is 6.09 Å². The lowest BCUT2D eigenvalue weighted by atomic mass is 10.2. The fraction of sp³-hybridized carbons (Fsp3) is 0.222. The monoisotopic (exact) mass is 372 g/mol. The molecule has 0 aliphatic rings. The molecule has 0 saturated heterocycles. The van der Waals surface area contributed by atoms with Gasteiger partial charge in [0.05, 0.1) is 6.20 Å². The van der Waals surface area contributed by atoms with Gasteiger partial charge in [-0.1, -0.05) is 0 Å². The number of fused-ring (bicyclic) bond motifs is 1. The summed E-state index contributed by atoms with van der Waals surface area (Å²) in [5.74, 6) is -0.550. The van der Waals surface area contributed by atoms with E-state index in [2.05, 4.69) is 20.3 Å². The third-order valence-electron chi connectivity index (χ3n) is 3.24. The minimum Gasteiger partial charge on any atom is -0.452 e. The Morgan fingerprint density at radius 2 is 1.96 bits per heavy atom. The van der Waals surface area contributed by atoms with E-state index in [1.807, 2.05) is 0 Å². The summed E-state index contributed by atoms with van der Waals surface area (Å²) in [4.78, 5) is 33.5. The van der Waals surface area contributed by atoms with E-state index in [0.717, 1.165) is 12.3 Å². The number of ether oxygens (including phenoxy) is 2. The van der Waals surface area contributed by atoms with Gasteiger partial charge in [0.1, 0.15) is 11.1 Å². The number of anilines is 1. The largest absolute Gasteiger partial charge is 0.452 e. The van der Waals surface area contributed by atoms with Crippen LogP contribution < -0.4 is 15.6 Å². The first-order valence-corrected chi connectivity index (χ1v) is 8.03. The van der Waals surface area contributed by atoms with Crippen LogP contribution in [0.5, 0.6) is 11.5 Å². The molecule has 2 heterocycles. The Balaban J connectivity index is 1.81. The summed E-state index contributed by atoms with van der Waals surface area (Å²) in [6.45, 7) is 5.18. The second-order valence-electron chi connectivity index (χ2n) is 6.63. The molecule has 9 heteroatoms. The molecule has 8 nitrogen and oxygen atoms in total. The van der Waals surface area contributed by atoms with E-state index in [1.165, 1.54) is 24.4 Å². The van der Waals surface area contributed by atoms with Crippen molar-refractivity contribution in [1.29, 1.82) is 0 Å². The van der Waals surface area contributed by atoms with Gasteiger partial charge < -0.3 is 14.5 Å². The smallest absolute Gasteiger partial charge is 0.412 e. The van der Waals surface area contributed by atoms with Crippen LogP contribution in [0.25, 0.3) is 11.2 Å². The summed E-state index contributed by atoms with van der Waals surface area (Å²) in [6, 6.07) is 5.44. The summed E-state index contributed by atoms with van der Waals surface area (Å²) >= 11 is 0. The molecule has 1 amide bonds. The Morgan fingerprint density at radius 3 is 2.67 bits per heavy atom. The Kier molecular flexibility index (Phi) is 4.76. The van der Waals surface area contributed by atoms with Crippen molar-refractivity contribution in [2.24, 2.45) is 0 Å². The molecule has 2 N–H and O–H groups in total. The average molecular weight is 372 g/mol. The SMILES string of the molecule is CC(C)(C)OC(=O)Nc1ccc(Oc2ccnc3[nH]c(=O)cnc23)c(F)c1. The Hall–Kier alpha value is -3.49. The molecule has 3 rings (SSSR count). The number of halogens is 1. The standard InChI is InChI=1S/C18H17FN4O4/c1-18(2,3)27-17(25)22-10-4-5-12(11(19)8-10)26-13-6-7-20-16-15(13)21-9-14(24)23-16/h4-9H,1-3H3,(H,22,25)(H,20,23,24). The topological polar surface area (TPSA) is 106 Å². The number of aromatic nitrogens is 3. The first kappa shape index (κ1) is 18.3. The first-order chi connectivity index (χ1) is 12.7. The molecular weight excluding hydrogens is 355 g/mol. The van der Waals surface area contributed by atoms with Crippen molar-refractivity contribution in [2.75, 3.05) is 5.32 Å². The van der Waals surface area contributed by atoms with E-state index in [-0.39, 0.29) is 28.4 Å². The van der Waals surface area contributed by atoms with E-state index in [4.69, 9.17) is 9.47 Å². The minimum absolute atomic E-state index is 0.0785. The number of H-pyrrole nitrogens is 1. The van der Waals surface area contributed by atoms with Crippen molar-refractivity contribution in [1.82, 2.24) is 15.0 Å². The fourth-order valence-electron chi connectivity index (χ4n) is 2.21. The van der Waals surface area contributed by atoms with Crippen LogP contribution in [0.3, 0.4) is 0 Å². The van der Waals surface area contributed by atoms with Gasteiger partial charge in [0, 0.05) is 24.0 Å². The van der Waals surface area contributed by atoms with Gasteiger partial charge in [-0.05, 0) is 32.9 Å². The number of hydrogen-bond donors (Lipinski definition) is 2. The van der Waals surface area contributed by atoms with Crippen molar-refractivity contribution < 1.29 is 18.7 Å². The number of carbonyl (C=O) groups excluding carboxylic acids is 1. The van der Waals surface area contributed by atoms with Crippen molar-refractivity contribution >= 4 is 22.9 Å². The number of hydrogen-bond acceptors (Lipinski definition) is 6. The highest BCUT2D eigenvalue weighted by molar-refractivity contribution is 5.85. The third-order valence-corrected chi connectivity index (χ3v) is 3.24. The van der Waals surface area contributed by atoms with E-state index in [0.29, 0.717) is 0 Å². The van der Waals surface area contributed by atoms with Crippen molar-refractivity contribution in [3.8, 4) is 11.5 Å². The molecule has 27 heavy (non-hydrogen) atoms. The number of rotatable bonds is 3. The maximum absolute atomic E-state index is 14.4. The Morgan fingerprint density at radius 1 is 1.19 bits per heavy atom. The van der Waals surface area contributed by atoms with E-state index < -0.39 is 23.1 Å².